The minimum Gasteiger partial charge on any atom is -0.497 e. The molecular formula is C19H25N2O5+. The van der Waals surface area contributed by atoms with Gasteiger partial charge < -0.3 is 14.4 Å². The highest BCUT2D eigenvalue weighted by Crippen LogP contribution is 2.26. The van der Waals surface area contributed by atoms with Crippen LogP contribution in [-0.4, -0.2) is 50.6 Å². The van der Waals surface area contributed by atoms with E-state index in [9.17, 15) is 14.4 Å². The summed E-state index contributed by atoms with van der Waals surface area (Å²) in [4.78, 5) is 39.8. The van der Waals surface area contributed by atoms with Gasteiger partial charge in [0.2, 0.25) is 5.91 Å². The number of hydrogen-bond donors (Lipinski definition) is 1. The maximum absolute atomic E-state index is 12.9. The molecule has 140 valence electrons. The third-order valence-electron chi connectivity index (χ3n) is 5.13. The Labute approximate surface area is 152 Å². The number of amides is 2. The van der Waals surface area contributed by atoms with Crippen LogP contribution in [0.5, 0.6) is 5.75 Å². The summed E-state index contributed by atoms with van der Waals surface area (Å²) in [5.41, 5.74) is 0.528. The largest absolute Gasteiger partial charge is 0.497 e. The molecule has 2 aliphatic heterocycles. The number of carbonyl (C=O) groups excluding carboxylic acids is 3. The molecule has 0 bridgehead atoms. The Morgan fingerprint density at radius 2 is 2.15 bits per heavy atom. The van der Waals surface area contributed by atoms with E-state index in [1.807, 2.05) is 0 Å². The van der Waals surface area contributed by atoms with Gasteiger partial charge in [0.25, 0.3) is 5.91 Å². The first-order chi connectivity index (χ1) is 12.5. The number of nitrogens with zero attached hydrogens (tertiary/aromatic N) is 1. The number of esters is 1. The standard InChI is InChI=1S/C19H24N2O5/c1-3-26-19(24)13-6-5-9-20(12-13)16-11-17(22)21(18(16)23)14-7-4-8-15(10-14)25-2/h4,7-8,10,13,16H,3,5-6,9,11-12H2,1-2H3/p+1/t13-,16+/m0/s1. The van der Waals surface area contributed by atoms with Crippen molar-refractivity contribution in [2.24, 2.45) is 5.92 Å². The van der Waals surface area contributed by atoms with E-state index in [0.29, 0.717) is 24.6 Å². The van der Waals surface area contributed by atoms with E-state index < -0.39 is 6.04 Å². The Kier molecular flexibility index (Phi) is 5.56. The van der Waals surface area contributed by atoms with Crippen LogP contribution in [0.1, 0.15) is 26.2 Å². The van der Waals surface area contributed by atoms with Crippen molar-refractivity contribution in [3.63, 3.8) is 0 Å². The molecule has 2 amide bonds. The van der Waals surface area contributed by atoms with Crippen molar-refractivity contribution >= 4 is 23.5 Å². The summed E-state index contributed by atoms with van der Waals surface area (Å²) in [5.74, 6) is -0.223. The number of anilines is 1. The Hall–Kier alpha value is -2.41. The molecule has 1 aromatic rings. The maximum Gasteiger partial charge on any atom is 0.314 e. The lowest BCUT2D eigenvalue weighted by atomic mass is 9.96. The van der Waals surface area contributed by atoms with Gasteiger partial charge in [-0.25, -0.2) is 4.90 Å². The first kappa shape index (κ1) is 18.4. The van der Waals surface area contributed by atoms with Crippen LogP contribution < -0.4 is 14.5 Å². The number of imide groups is 1. The van der Waals surface area contributed by atoms with Crippen molar-refractivity contribution in [2.75, 3.05) is 31.7 Å². The summed E-state index contributed by atoms with van der Waals surface area (Å²) in [5, 5.41) is 0. The number of quaternary nitrogens is 1. The van der Waals surface area contributed by atoms with Gasteiger partial charge in [0.05, 0.1) is 38.9 Å². The molecular weight excluding hydrogens is 336 g/mol. The Morgan fingerprint density at radius 3 is 2.88 bits per heavy atom. The number of carbonyl (C=O) groups is 3. The van der Waals surface area contributed by atoms with Crippen molar-refractivity contribution in [3.05, 3.63) is 24.3 Å². The fourth-order valence-corrected chi connectivity index (χ4v) is 3.85. The second kappa shape index (κ2) is 7.86. The summed E-state index contributed by atoms with van der Waals surface area (Å²) in [6.07, 6.45) is 1.79. The molecule has 0 saturated carbocycles. The zero-order valence-corrected chi connectivity index (χ0v) is 15.2. The van der Waals surface area contributed by atoms with Gasteiger partial charge in [-0.3, -0.25) is 14.4 Å². The maximum atomic E-state index is 12.9. The van der Waals surface area contributed by atoms with Gasteiger partial charge in [-0.2, -0.15) is 0 Å². The third-order valence-corrected chi connectivity index (χ3v) is 5.13. The summed E-state index contributed by atoms with van der Waals surface area (Å²) >= 11 is 0. The number of likely N-dealkylation sites (tertiary alicyclic amines) is 1. The van der Waals surface area contributed by atoms with Crippen molar-refractivity contribution in [2.45, 2.75) is 32.2 Å². The van der Waals surface area contributed by atoms with Gasteiger partial charge >= 0.3 is 5.97 Å². The predicted octanol–water partition coefficient (Wildman–Crippen LogP) is 0.185. The minimum atomic E-state index is -0.439. The number of nitrogens with one attached hydrogen (secondary N) is 1. The molecule has 3 rings (SSSR count). The molecule has 1 aromatic carbocycles. The fourth-order valence-electron chi connectivity index (χ4n) is 3.85. The Morgan fingerprint density at radius 1 is 1.35 bits per heavy atom. The minimum absolute atomic E-state index is 0.168. The van der Waals surface area contributed by atoms with E-state index in [4.69, 9.17) is 9.47 Å². The number of rotatable bonds is 5. The summed E-state index contributed by atoms with van der Waals surface area (Å²) in [7, 11) is 1.54. The molecule has 0 spiro atoms. The summed E-state index contributed by atoms with van der Waals surface area (Å²) < 4.78 is 10.3. The third kappa shape index (κ3) is 3.58. The molecule has 7 nitrogen and oxygen atoms in total. The number of hydrogen-bond acceptors (Lipinski definition) is 5. The molecule has 1 unspecified atom stereocenters. The normalized spacial score (nSPS) is 26.1. The molecule has 1 N–H and O–H groups in total. The first-order valence-corrected chi connectivity index (χ1v) is 9.07. The van der Waals surface area contributed by atoms with E-state index in [0.717, 1.165) is 24.3 Å². The van der Waals surface area contributed by atoms with Gasteiger partial charge in [0.1, 0.15) is 11.7 Å². The van der Waals surface area contributed by atoms with Crippen molar-refractivity contribution in [1.29, 1.82) is 0 Å². The van der Waals surface area contributed by atoms with E-state index in [1.165, 1.54) is 4.90 Å². The number of piperidine rings is 1. The van der Waals surface area contributed by atoms with Gasteiger partial charge in [0.15, 0.2) is 6.04 Å². The second-order valence-corrected chi connectivity index (χ2v) is 6.73. The van der Waals surface area contributed by atoms with Crippen LogP contribution in [0.4, 0.5) is 5.69 Å². The van der Waals surface area contributed by atoms with E-state index in [1.54, 1.807) is 38.3 Å². The fraction of sp³-hybridized carbons (Fsp3) is 0.526. The predicted molar refractivity (Wildman–Crippen MR) is 93.9 cm³/mol. The number of methoxy groups -OCH3 is 1. The Bertz CT molecular complexity index is 705. The van der Waals surface area contributed by atoms with Crippen molar-refractivity contribution in [3.8, 4) is 5.75 Å². The topological polar surface area (TPSA) is 77.3 Å². The van der Waals surface area contributed by atoms with Crippen molar-refractivity contribution < 1.29 is 28.8 Å². The highest BCUT2D eigenvalue weighted by molar-refractivity contribution is 6.21. The van der Waals surface area contributed by atoms with E-state index in [-0.39, 0.29) is 30.1 Å². The van der Waals surface area contributed by atoms with Gasteiger partial charge in [-0.05, 0) is 31.9 Å². The molecule has 7 heteroatoms. The highest BCUT2D eigenvalue weighted by atomic mass is 16.5. The van der Waals surface area contributed by atoms with Crippen LogP contribution in [0, 0.1) is 5.92 Å². The summed E-state index contributed by atoms with van der Waals surface area (Å²) in [6.45, 7) is 3.46. The number of benzene rings is 1. The molecule has 2 aliphatic rings. The number of ether oxygens (including phenoxy) is 2. The quantitative estimate of drug-likeness (QED) is 0.598. The first-order valence-electron chi connectivity index (χ1n) is 9.07. The zero-order valence-electron chi connectivity index (χ0n) is 15.2. The van der Waals surface area contributed by atoms with Crippen LogP contribution >= 0.6 is 0 Å². The molecule has 0 aromatic heterocycles. The molecule has 0 aliphatic carbocycles. The van der Waals surface area contributed by atoms with E-state index >= 15 is 0 Å². The SMILES string of the molecule is CCOC(=O)[C@H]1CCC[NH+]([C@@H]2CC(=O)N(c3cccc(OC)c3)C2=O)C1. The molecule has 26 heavy (non-hydrogen) atoms. The van der Waals surface area contributed by atoms with Crippen LogP contribution in [-0.2, 0) is 19.1 Å². The smallest absolute Gasteiger partial charge is 0.314 e. The van der Waals surface area contributed by atoms with Gasteiger partial charge in [-0.1, -0.05) is 6.07 Å². The average Bonchev–Trinajstić information content (AvgIpc) is 2.96. The second-order valence-electron chi connectivity index (χ2n) is 6.73. The van der Waals surface area contributed by atoms with Gasteiger partial charge in [0, 0.05) is 6.07 Å². The lowest BCUT2D eigenvalue weighted by molar-refractivity contribution is -0.922. The monoisotopic (exact) mass is 361 g/mol. The molecule has 2 heterocycles. The van der Waals surface area contributed by atoms with Crippen LogP contribution in [0.25, 0.3) is 0 Å². The van der Waals surface area contributed by atoms with E-state index in [2.05, 4.69) is 0 Å². The zero-order chi connectivity index (χ0) is 18.7. The molecule has 0 radical (unpaired) electrons. The molecule has 2 saturated heterocycles. The van der Waals surface area contributed by atoms with Crippen LogP contribution in [0.3, 0.4) is 0 Å². The van der Waals surface area contributed by atoms with Crippen LogP contribution in [0.2, 0.25) is 0 Å². The highest BCUT2D eigenvalue weighted by Gasteiger charge is 2.47. The average molecular weight is 361 g/mol. The summed E-state index contributed by atoms with van der Waals surface area (Å²) in [6, 6.07) is 6.50. The lowest BCUT2D eigenvalue weighted by Crippen LogP contribution is -3.18. The Balaban J connectivity index is 1.74. The van der Waals surface area contributed by atoms with Gasteiger partial charge in [-0.15, -0.1) is 0 Å². The molecule has 2 fully saturated rings. The van der Waals surface area contributed by atoms with Crippen LogP contribution in [0.15, 0.2) is 24.3 Å². The van der Waals surface area contributed by atoms with Crippen molar-refractivity contribution in [1.82, 2.24) is 0 Å². The lowest BCUT2D eigenvalue weighted by Gasteiger charge is -2.31. The molecule has 3 atom stereocenters.